The number of aromatic nitrogens is 4. The molecule has 6 rings (SSSR count). The summed E-state index contributed by atoms with van der Waals surface area (Å²) in [7, 11) is 0. The first-order valence-electron chi connectivity index (χ1n) is 19.2. The Labute approximate surface area is 321 Å². The van der Waals surface area contributed by atoms with E-state index in [1.54, 1.807) is 24.3 Å². The molecule has 1 atom stereocenters. The minimum Gasteiger partial charge on any atom is -0.465 e. The van der Waals surface area contributed by atoms with E-state index < -0.39 is 12.1 Å². The Morgan fingerprint density at radius 2 is 1.65 bits per heavy atom. The zero-order valence-electron chi connectivity index (χ0n) is 31.7. The molecule has 1 aromatic heterocycles. The third kappa shape index (κ3) is 10.5. The number of likely N-dealkylation sites (tertiary alicyclic amines) is 1. The van der Waals surface area contributed by atoms with Crippen molar-refractivity contribution in [2.45, 2.75) is 83.8 Å². The van der Waals surface area contributed by atoms with Crippen molar-refractivity contribution in [2.24, 2.45) is 11.8 Å². The monoisotopic (exact) mass is 749 g/mol. The van der Waals surface area contributed by atoms with Gasteiger partial charge in [0, 0.05) is 60.9 Å². The summed E-state index contributed by atoms with van der Waals surface area (Å²) in [5, 5.41) is 34.7. The van der Waals surface area contributed by atoms with E-state index in [1.165, 1.54) is 0 Å². The number of hydrogen-bond donors (Lipinski definition) is 6. The van der Waals surface area contributed by atoms with Gasteiger partial charge in [0.1, 0.15) is 6.04 Å². The third-order valence-electron chi connectivity index (χ3n) is 10.9. The van der Waals surface area contributed by atoms with Gasteiger partial charge in [0.15, 0.2) is 0 Å². The molecule has 0 spiro atoms. The third-order valence-corrected chi connectivity index (χ3v) is 10.9. The number of amides is 4. The number of piperidine rings is 1. The molecular formula is C41H51N9O5. The molecule has 4 aromatic rings. The highest BCUT2D eigenvalue weighted by Gasteiger charge is 2.30. The molecule has 0 unspecified atom stereocenters. The summed E-state index contributed by atoms with van der Waals surface area (Å²) in [6.45, 7) is 8.71. The van der Waals surface area contributed by atoms with Crippen molar-refractivity contribution in [3.63, 3.8) is 0 Å². The molecule has 14 heteroatoms. The maximum absolute atomic E-state index is 13.9. The zero-order valence-corrected chi connectivity index (χ0v) is 31.7. The first-order chi connectivity index (χ1) is 26.5. The van der Waals surface area contributed by atoms with Gasteiger partial charge in [-0.3, -0.25) is 14.4 Å². The van der Waals surface area contributed by atoms with Gasteiger partial charge in [-0.2, -0.15) is 5.21 Å². The molecule has 1 saturated carbocycles. The second-order valence-corrected chi connectivity index (χ2v) is 15.1. The molecule has 1 aliphatic carbocycles. The van der Waals surface area contributed by atoms with Gasteiger partial charge in [-0.15, -0.1) is 10.2 Å². The van der Waals surface area contributed by atoms with Crippen molar-refractivity contribution in [1.82, 2.24) is 41.5 Å². The summed E-state index contributed by atoms with van der Waals surface area (Å²) >= 11 is 0. The lowest BCUT2D eigenvalue weighted by atomic mass is 9.81. The van der Waals surface area contributed by atoms with Crippen molar-refractivity contribution in [1.29, 1.82) is 0 Å². The summed E-state index contributed by atoms with van der Waals surface area (Å²) in [5.74, 6) is -0.321. The smallest absolute Gasteiger partial charge is 0.404 e. The largest absolute Gasteiger partial charge is 0.465 e. The van der Waals surface area contributed by atoms with Crippen LogP contribution in [0.4, 0.5) is 10.5 Å². The molecule has 290 valence electrons. The van der Waals surface area contributed by atoms with Gasteiger partial charge >= 0.3 is 6.09 Å². The van der Waals surface area contributed by atoms with E-state index in [9.17, 15) is 19.2 Å². The number of aromatic amines is 1. The van der Waals surface area contributed by atoms with Crippen LogP contribution in [0.3, 0.4) is 0 Å². The van der Waals surface area contributed by atoms with E-state index in [0.29, 0.717) is 42.5 Å². The van der Waals surface area contributed by atoms with Crippen molar-refractivity contribution in [3.8, 4) is 22.5 Å². The number of carboxylic acid groups (broad SMARTS) is 1. The van der Waals surface area contributed by atoms with Crippen LogP contribution >= 0.6 is 0 Å². The highest BCUT2D eigenvalue weighted by atomic mass is 16.4. The molecule has 0 radical (unpaired) electrons. The van der Waals surface area contributed by atoms with Crippen LogP contribution in [0.15, 0.2) is 66.7 Å². The Kier molecular flexibility index (Phi) is 12.9. The van der Waals surface area contributed by atoms with Crippen LogP contribution in [0.1, 0.15) is 73.9 Å². The maximum atomic E-state index is 13.9. The van der Waals surface area contributed by atoms with E-state index in [1.807, 2.05) is 49.4 Å². The summed E-state index contributed by atoms with van der Waals surface area (Å²) in [6, 6.07) is 20.4. The molecule has 14 nitrogen and oxygen atoms in total. The van der Waals surface area contributed by atoms with Gasteiger partial charge in [-0.1, -0.05) is 30.3 Å². The quantitative estimate of drug-likeness (QED) is 0.107. The fraction of sp³-hybridized carbons (Fsp3) is 0.439. The summed E-state index contributed by atoms with van der Waals surface area (Å²) in [5.41, 5.74) is 5.57. The summed E-state index contributed by atoms with van der Waals surface area (Å²) in [4.78, 5) is 54.4. The van der Waals surface area contributed by atoms with Gasteiger partial charge in [-0.05, 0) is 129 Å². The van der Waals surface area contributed by atoms with E-state index in [2.05, 4.69) is 60.6 Å². The number of rotatable bonds is 13. The lowest BCUT2D eigenvalue weighted by Crippen LogP contribution is -2.48. The molecular weight excluding hydrogens is 699 g/mol. The first-order valence-corrected chi connectivity index (χ1v) is 19.2. The van der Waals surface area contributed by atoms with Crippen molar-refractivity contribution in [3.05, 3.63) is 83.4 Å². The number of benzene rings is 3. The molecule has 55 heavy (non-hydrogen) atoms. The Balaban J connectivity index is 1.16. The van der Waals surface area contributed by atoms with E-state index in [0.717, 1.165) is 66.6 Å². The molecule has 1 saturated heterocycles. The lowest BCUT2D eigenvalue weighted by Gasteiger charge is -2.34. The Hall–Kier alpha value is -5.63. The number of tetrazole rings is 1. The zero-order chi connectivity index (χ0) is 38.9. The van der Waals surface area contributed by atoms with Crippen LogP contribution < -0.4 is 21.3 Å². The topological polar surface area (TPSA) is 194 Å². The van der Waals surface area contributed by atoms with Gasteiger partial charge in [0.05, 0.1) is 0 Å². The molecule has 2 aliphatic rings. The maximum Gasteiger partial charge on any atom is 0.404 e. The normalized spacial score (nSPS) is 18.3. The molecule has 2 fully saturated rings. The van der Waals surface area contributed by atoms with Crippen molar-refractivity contribution < 1.29 is 24.3 Å². The minimum absolute atomic E-state index is 0.0874. The minimum atomic E-state index is -1.05. The van der Waals surface area contributed by atoms with Crippen molar-refractivity contribution in [2.75, 3.05) is 25.0 Å². The summed E-state index contributed by atoms with van der Waals surface area (Å²) in [6.07, 6.45) is 3.69. The SMILES string of the molecule is Cc1ccc(C[C@H](NC(=O)C2CCC(CNC(=O)O)CC2)C(=O)Nc2ccc(-c3nn[nH]n3)cc2)cc1-c1cccc(C(=O)NC2CCN(C(C)C)CC2)c1. The van der Waals surface area contributed by atoms with Crippen LogP contribution in [0, 0.1) is 18.8 Å². The number of hydrogen-bond acceptors (Lipinski definition) is 8. The standard InChI is InChI=1S/C41H51N9O5/c1-25(2)50-19-17-34(18-20-50)43-39(52)32-6-4-5-31(23-32)35-21-28(8-7-26(35)3)22-36(45-38(51)30-11-9-27(10-12-30)24-42-41(54)55)40(53)44-33-15-13-29(14-16-33)37-46-48-49-47-37/h4-8,13-16,21,23,25,27,30,34,36,42H,9-12,17-20,22,24H2,1-3H3,(H,43,52)(H,44,53)(H,45,51)(H,54,55)(H,46,47,48,49)/t27?,30?,36-/m0/s1. The molecule has 2 heterocycles. The second kappa shape index (κ2) is 18.1. The van der Waals surface area contributed by atoms with Crippen LogP contribution in [0.25, 0.3) is 22.5 Å². The Morgan fingerprint density at radius 3 is 2.33 bits per heavy atom. The van der Waals surface area contributed by atoms with Gasteiger partial charge in [0.25, 0.3) is 5.91 Å². The number of nitrogens with zero attached hydrogens (tertiary/aromatic N) is 4. The highest BCUT2D eigenvalue weighted by Crippen LogP contribution is 2.30. The van der Waals surface area contributed by atoms with Crippen molar-refractivity contribution >= 4 is 29.5 Å². The Bertz CT molecular complexity index is 1930. The molecule has 1 aliphatic heterocycles. The molecule has 3 aromatic carbocycles. The Morgan fingerprint density at radius 1 is 0.909 bits per heavy atom. The van der Waals surface area contributed by atoms with Gasteiger partial charge < -0.3 is 31.3 Å². The number of carbonyl (C=O) groups is 4. The van der Waals surface area contributed by atoms with E-state index >= 15 is 0 Å². The number of carbonyl (C=O) groups excluding carboxylic acids is 3. The molecule has 4 amide bonds. The average molecular weight is 750 g/mol. The predicted molar refractivity (Wildman–Crippen MR) is 209 cm³/mol. The summed E-state index contributed by atoms with van der Waals surface area (Å²) < 4.78 is 0. The van der Waals surface area contributed by atoms with Crippen LogP contribution in [-0.4, -0.2) is 92.2 Å². The lowest BCUT2D eigenvalue weighted by molar-refractivity contribution is -0.130. The number of H-pyrrole nitrogens is 1. The van der Waals surface area contributed by atoms with E-state index in [-0.39, 0.29) is 42.0 Å². The number of aryl methyl sites for hydroxylation is 1. The molecule has 6 N–H and O–H groups in total. The number of nitrogens with one attached hydrogen (secondary N) is 5. The fourth-order valence-corrected chi connectivity index (χ4v) is 7.58. The second-order valence-electron chi connectivity index (χ2n) is 15.1. The van der Waals surface area contributed by atoms with Gasteiger partial charge in [-0.25, -0.2) is 4.79 Å². The van der Waals surface area contributed by atoms with E-state index in [4.69, 9.17) is 5.11 Å². The van der Waals surface area contributed by atoms with Crippen LogP contribution in [0.2, 0.25) is 0 Å². The molecule has 0 bridgehead atoms. The first kappa shape index (κ1) is 39.1. The highest BCUT2D eigenvalue weighted by molar-refractivity contribution is 5.98. The fourth-order valence-electron chi connectivity index (χ4n) is 7.58. The predicted octanol–water partition coefficient (Wildman–Crippen LogP) is 5.18. The van der Waals surface area contributed by atoms with Gasteiger partial charge in [0.2, 0.25) is 17.6 Å². The van der Waals surface area contributed by atoms with Crippen LogP contribution in [0.5, 0.6) is 0 Å². The average Bonchev–Trinajstić information content (AvgIpc) is 3.73. The van der Waals surface area contributed by atoms with Crippen LogP contribution in [-0.2, 0) is 16.0 Å². The number of anilines is 1.